The number of carbonyl (C=O) groups is 2. The van der Waals surface area contributed by atoms with Gasteiger partial charge in [-0.2, -0.15) is 5.10 Å². The fourth-order valence-electron chi connectivity index (χ4n) is 3.14. The quantitative estimate of drug-likeness (QED) is 0.754. The third-order valence-electron chi connectivity index (χ3n) is 4.66. The first-order chi connectivity index (χ1) is 13.7. The zero-order valence-corrected chi connectivity index (χ0v) is 17.8. The van der Waals surface area contributed by atoms with E-state index in [9.17, 15) is 14.7 Å². The van der Waals surface area contributed by atoms with Crippen molar-refractivity contribution in [3.63, 3.8) is 0 Å². The van der Waals surface area contributed by atoms with Crippen molar-refractivity contribution >= 4 is 12.3 Å². The summed E-state index contributed by atoms with van der Waals surface area (Å²) in [4.78, 5) is 23.5. The van der Waals surface area contributed by atoms with Crippen LogP contribution in [0.15, 0.2) is 36.5 Å². The van der Waals surface area contributed by atoms with E-state index >= 15 is 0 Å². The number of rotatable bonds is 5. The Kier molecular flexibility index (Phi) is 7.96. The van der Waals surface area contributed by atoms with Gasteiger partial charge in [0.15, 0.2) is 0 Å². The maximum Gasteiger partial charge on any atom is 0.223 e. The number of aryl methyl sites for hydroxylation is 1. The smallest absolute Gasteiger partial charge is 0.223 e. The Morgan fingerprint density at radius 1 is 1.28 bits per heavy atom. The van der Waals surface area contributed by atoms with Gasteiger partial charge in [0, 0.05) is 39.3 Å². The fourth-order valence-corrected chi connectivity index (χ4v) is 3.14. The zero-order chi connectivity index (χ0) is 21.4. The molecule has 2 aromatic rings. The number of hydrogen-bond donors (Lipinski definition) is 2. The molecule has 0 saturated carbocycles. The second-order valence-electron chi connectivity index (χ2n) is 8.56. The molecular weight excluding hydrogens is 368 g/mol. The van der Waals surface area contributed by atoms with Crippen LogP contribution in [0, 0.1) is 5.41 Å². The summed E-state index contributed by atoms with van der Waals surface area (Å²) in [5, 5.41) is 16.0. The van der Waals surface area contributed by atoms with Crippen molar-refractivity contribution in [1.82, 2.24) is 20.0 Å². The van der Waals surface area contributed by atoms with Crippen molar-refractivity contribution in [2.75, 3.05) is 13.1 Å². The van der Waals surface area contributed by atoms with Gasteiger partial charge in [0.25, 0.3) is 0 Å². The second-order valence-corrected chi connectivity index (χ2v) is 8.56. The van der Waals surface area contributed by atoms with E-state index in [-0.39, 0.29) is 17.4 Å². The molecule has 1 atom stereocenters. The first-order valence-corrected chi connectivity index (χ1v) is 9.90. The summed E-state index contributed by atoms with van der Waals surface area (Å²) in [5.41, 5.74) is 3.33. The predicted molar refractivity (Wildman–Crippen MR) is 113 cm³/mol. The number of likely N-dealkylation sites (tertiary alicyclic amines) is 1. The highest BCUT2D eigenvalue weighted by atomic mass is 16.3. The Balaban J connectivity index is 0.000000212. The lowest BCUT2D eigenvalue weighted by Gasteiger charge is -2.22. The van der Waals surface area contributed by atoms with Crippen molar-refractivity contribution in [3.05, 3.63) is 42.1 Å². The number of benzene rings is 1. The Morgan fingerprint density at radius 2 is 1.97 bits per heavy atom. The number of aromatic nitrogens is 2. The van der Waals surface area contributed by atoms with E-state index in [1.165, 1.54) is 0 Å². The van der Waals surface area contributed by atoms with Crippen LogP contribution < -0.4 is 5.32 Å². The number of hydrogen-bond acceptors (Lipinski definition) is 4. The SMILES string of the molecule is CC(C)(C)CC(=O)N1CCC(O)C1.Cn1nccc1-c1ccc(CNC=O)cc1. The van der Waals surface area contributed by atoms with Crippen molar-refractivity contribution in [2.45, 2.75) is 46.3 Å². The highest BCUT2D eigenvalue weighted by Crippen LogP contribution is 2.21. The minimum absolute atomic E-state index is 0.0463. The lowest BCUT2D eigenvalue weighted by molar-refractivity contribution is -0.132. The number of aliphatic hydroxyl groups is 1. The van der Waals surface area contributed by atoms with E-state index in [1.807, 2.05) is 42.1 Å². The third-order valence-corrected chi connectivity index (χ3v) is 4.66. The monoisotopic (exact) mass is 400 g/mol. The summed E-state index contributed by atoms with van der Waals surface area (Å²) in [5.74, 6) is 0.170. The number of nitrogens with one attached hydrogen (secondary N) is 1. The lowest BCUT2D eigenvalue weighted by Crippen LogP contribution is -2.32. The molecule has 1 aliphatic heterocycles. The lowest BCUT2D eigenvalue weighted by atomic mass is 9.92. The van der Waals surface area contributed by atoms with Gasteiger partial charge in [0.05, 0.1) is 11.8 Å². The molecule has 0 aliphatic carbocycles. The minimum atomic E-state index is -0.302. The molecule has 7 heteroatoms. The highest BCUT2D eigenvalue weighted by Gasteiger charge is 2.27. The van der Waals surface area contributed by atoms with E-state index in [2.05, 4.69) is 31.2 Å². The number of β-amino-alcohol motifs (C(OH)–C–C–N with tert-alkyl or cyclic N) is 1. The van der Waals surface area contributed by atoms with Gasteiger partial charge in [-0.25, -0.2) is 0 Å². The van der Waals surface area contributed by atoms with Crippen molar-refractivity contribution in [1.29, 1.82) is 0 Å². The maximum absolute atomic E-state index is 11.6. The molecule has 2 heterocycles. The molecule has 0 bridgehead atoms. The Hall–Kier alpha value is -2.67. The summed E-state index contributed by atoms with van der Waals surface area (Å²) in [6, 6.07) is 10.0. The number of carbonyl (C=O) groups excluding carboxylic acids is 2. The molecule has 7 nitrogen and oxygen atoms in total. The first kappa shape index (κ1) is 22.6. The Morgan fingerprint density at radius 3 is 2.45 bits per heavy atom. The van der Waals surface area contributed by atoms with Gasteiger partial charge in [-0.3, -0.25) is 14.3 Å². The maximum atomic E-state index is 11.6. The molecule has 1 saturated heterocycles. The average molecular weight is 401 g/mol. The van der Waals surface area contributed by atoms with Gasteiger partial charge in [0.1, 0.15) is 0 Å². The number of amides is 2. The van der Waals surface area contributed by atoms with Crippen molar-refractivity contribution in [2.24, 2.45) is 12.5 Å². The standard InChI is InChI=1S/C12H13N3O.C10H19NO2/c1-15-12(6-7-14-15)11-4-2-10(3-5-11)8-13-9-16;1-10(2,3)6-9(13)11-5-4-8(12)7-11/h2-7,9H,8H2,1H3,(H,13,16);8,12H,4-7H2,1-3H3. The van der Waals surface area contributed by atoms with Crippen LogP contribution >= 0.6 is 0 Å². The summed E-state index contributed by atoms with van der Waals surface area (Å²) in [6.07, 6.45) is 3.48. The molecule has 1 unspecified atom stereocenters. The van der Waals surface area contributed by atoms with Crippen molar-refractivity contribution in [3.8, 4) is 11.3 Å². The molecule has 1 aliphatic rings. The Labute approximate surface area is 172 Å². The summed E-state index contributed by atoms with van der Waals surface area (Å²) in [7, 11) is 1.91. The summed E-state index contributed by atoms with van der Waals surface area (Å²) < 4.78 is 1.83. The Bertz CT molecular complexity index is 793. The predicted octanol–water partition coefficient (Wildman–Crippen LogP) is 2.35. The molecule has 1 aromatic carbocycles. The molecule has 3 rings (SSSR count). The van der Waals surface area contributed by atoms with Crippen LogP contribution in [0.25, 0.3) is 11.3 Å². The molecule has 0 spiro atoms. The summed E-state index contributed by atoms with van der Waals surface area (Å²) in [6.45, 7) is 7.96. The van der Waals surface area contributed by atoms with Crippen LogP contribution in [0.4, 0.5) is 0 Å². The van der Waals surface area contributed by atoms with E-state index in [0.717, 1.165) is 29.8 Å². The van der Waals surface area contributed by atoms with E-state index < -0.39 is 0 Å². The van der Waals surface area contributed by atoms with Gasteiger partial charge >= 0.3 is 0 Å². The second kappa shape index (κ2) is 10.2. The van der Waals surface area contributed by atoms with E-state index in [0.29, 0.717) is 25.9 Å². The largest absolute Gasteiger partial charge is 0.391 e. The van der Waals surface area contributed by atoms with E-state index in [4.69, 9.17) is 0 Å². The van der Waals surface area contributed by atoms with Crippen LogP contribution in [0.3, 0.4) is 0 Å². The number of aliphatic hydroxyl groups excluding tert-OH is 1. The van der Waals surface area contributed by atoms with Crippen LogP contribution in [-0.2, 0) is 23.2 Å². The topological polar surface area (TPSA) is 87.5 Å². The minimum Gasteiger partial charge on any atom is -0.391 e. The van der Waals surface area contributed by atoms with Crippen LogP contribution in [0.5, 0.6) is 0 Å². The van der Waals surface area contributed by atoms with Gasteiger partial charge in [-0.15, -0.1) is 0 Å². The molecule has 0 radical (unpaired) electrons. The van der Waals surface area contributed by atoms with Crippen LogP contribution in [0.1, 0.15) is 39.2 Å². The molecule has 2 amide bonds. The van der Waals surface area contributed by atoms with Gasteiger partial charge in [-0.05, 0) is 29.0 Å². The van der Waals surface area contributed by atoms with Crippen LogP contribution in [-0.4, -0.2) is 51.3 Å². The van der Waals surface area contributed by atoms with Gasteiger partial charge < -0.3 is 15.3 Å². The molecule has 29 heavy (non-hydrogen) atoms. The molecule has 158 valence electrons. The normalized spacial score (nSPS) is 16.2. The van der Waals surface area contributed by atoms with Crippen LogP contribution in [0.2, 0.25) is 0 Å². The molecular formula is C22H32N4O3. The molecule has 1 aromatic heterocycles. The third kappa shape index (κ3) is 7.34. The van der Waals surface area contributed by atoms with E-state index in [1.54, 1.807) is 11.1 Å². The van der Waals surface area contributed by atoms with Gasteiger partial charge in [-0.1, -0.05) is 45.0 Å². The van der Waals surface area contributed by atoms with Crippen molar-refractivity contribution < 1.29 is 14.7 Å². The summed E-state index contributed by atoms with van der Waals surface area (Å²) >= 11 is 0. The number of nitrogens with zero attached hydrogens (tertiary/aromatic N) is 3. The molecule has 1 fully saturated rings. The zero-order valence-electron chi connectivity index (χ0n) is 17.8. The average Bonchev–Trinajstić information content (AvgIpc) is 3.28. The fraction of sp³-hybridized carbons (Fsp3) is 0.500. The highest BCUT2D eigenvalue weighted by molar-refractivity contribution is 5.77. The first-order valence-electron chi connectivity index (χ1n) is 9.90. The molecule has 2 N–H and O–H groups in total. The van der Waals surface area contributed by atoms with Gasteiger partial charge in [0.2, 0.25) is 12.3 Å².